The average molecular weight is 251 g/mol. The van der Waals surface area contributed by atoms with Gasteiger partial charge in [0.2, 0.25) is 0 Å². The van der Waals surface area contributed by atoms with E-state index in [0.29, 0.717) is 0 Å². The van der Waals surface area contributed by atoms with Crippen LogP contribution in [0.5, 0.6) is 0 Å². The summed E-state index contributed by atoms with van der Waals surface area (Å²) < 4.78 is 0. The van der Waals surface area contributed by atoms with E-state index < -0.39 is 0 Å². The van der Waals surface area contributed by atoms with Gasteiger partial charge in [0.25, 0.3) is 0 Å². The number of aromatic amines is 1. The highest BCUT2D eigenvalue weighted by atomic mass is 14.8. The molecule has 3 aromatic rings. The highest BCUT2D eigenvalue weighted by Crippen LogP contribution is 2.18. The van der Waals surface area contributed by atoms with Crippen molar-refractivity contribution in [2.75, 3.05) is 0 Å². The maximum Gasteiger partial charge on any atom is 0.137 e. The molecule has 0 fully saturated rings. The summed E-state index contributed by atoms with van der Waals surface area (Å²) in [5.74, 6) is 0. The Morgan fingerprint density at radius 3 is 2.68 bits per heavy atom. The molecule has 96 valence electrons. The first-order valence-electron chi connectivity index (χ1n) is 6.74. The summed E-state index contributed by atoms with van der Waals surface area (Å²) in [4.78, 5) is 11.9. The molecule has 0 saturated heterocycles. The predicted molar refractivity (Wildman–Crippen MR) is 77.0 cm³/mol. The second kappa shape index (κ2) is 5.65. The van der Waals surface area contributed by atoms with Crippen LogP contribution in [0.4, 0.5) is 0 Å². The van der Waals surface area contributed by atoms with Gasteiger partial charge >= 0.3 is 0 Å². The maximum atomic E-state index is 4.35. The van der Waals surface area contributed by atoms with Crippen LogP contribution in [0.15, 0.2) is 48.9 Å². The molecule has 3 aromatic heterocycles. The fourth-order valence-corrected chi connectivity index (χ4v) is 2.39. The molecule has 0 aromatic carbocycles. The molecule has 1 N–H and O–H groups in total. The van der Waals surface area contributed by atoms with Crippen molar-refractivity contribution in [1.82, 2.24) is 15.0 Å². The fraction of sp³-hybridized carbons (Fsp3) is 0.250. The third-order valence-electron chi connectivity index (χ3n) is 3.39. The summed E-state index contributed by atoms with van der Waals surface area (Å²) in [6, 6.07) is 10.2. The summed E-state index contributed by atoms with van der Waals surface area (Å²) in [6.45, 7) is 0. The highest BCUT2D eigenvalue weighted by Gasteiger charge is 2.03. The van der Waals surface area contributed by atoms with Crippen LogP contribution in [0.1, 0.15) is 24.1 Å². The Bertz CT molecular complexity index is 643. The van der Waals surface area contributed by atoms with Crippen molar-refractivity contribution in [3.63, 3.8) is 0 Å². The number of fused-ring (bicyclic) bond motifs is 1. The van der Waals surface area contributed by atoms with Gasteiger partial charge in [-0.25, -0.2) is 4.98 Å². The van der Waals surface area contributed by atoms with Gasteiger partial charge in [-0.15, -0.1) is 0 Å². The Morgan fingerprint density at radius 1 is 0.895 bits per heavy atom. The van der Waals surface area contributed by atoms with E-state index in [0.717, 1.165) is 18.5 Å². The molecular weight excluding hydrogens is 234 g/mol. The molecule has 0 aliphatic heterocycles. The molecule has 0 unspecified atom stereocenters. The first-order chi connectivity index (χ1) is 9.43. The maximum absolute atomic E-state index is 4.35. The Kier molecular flexibility index (Phi) is 3.54. The largest absolute Gasteiger partial charge is 0.346 e. The summed E-state index contributed by atoms with van der Waals surface area (Å²) in [5, 5.41) is 1.25. The summed E-state index contributed by atoms with van der Waals surface area (Å²) in [6.07, 6.45) is 10.3. The first kappa shape index (κ1) is 11.9. The fourth-order valence-electron chi connectivity index (χ4n) is 2.39. The number of rotatable bonds is 5. The quantitative estimate of drug-likeness (QED) is 0.705. The van der Waals surface area contributed by atoms with Gasteiger partial charge in [-0.1, -0.05) is 6.07 Å². The lowest BCUT2D eigenvalue weighted by atomic mass is 10.1. The molecule has 0 aliphatic rings. The molecule has 0 aliphatic carbocycles. The minimum absolute atomic E-state index is 0.988. The van der Waals surface area contributed by atoms with Gasteiger partial charge in [-0.05, 0) is 55.5 Å². The Hall–Kier alpha value is -2.16. The van der Waals surface area contributed by atoms with Crippen LogP contribution in [0.3, 0.4) is 0 Å². The lowest BCUT2D eigenvalue weighted by molar-refractivity contribution is 0.725. The van der Waals surface area contributed by atoms with Crippen LogP contribution in [-0.4, -0.2) is 15.0 Å². The van der Waals surface area contributed by atoms with Crippen LogP contribution in [0.2, 0.25) is 0 Å². The molecule has 0 radical (unpaired) electrons. The zero-order valence-electron chi connectivity index (χ0n) is 10.8. The van der Waals surface area contributed by atoms with E-state index in [1.807, 2.05) is 30.6 Å². The molecule has 0 amide bonds. The van der Waals surface area contributed by atoms with Crippen molar-refractivity contribution in [3.8, 4) is 0 Å². The SMILES string of the molecule is c1ccc(CCCCc2c[nH]c3ncccc23)nc1. The van der Waals surface area contributed by atoms with Crippen molar-refractivity contribution in [2.24, 2.45) is 0 Å². The molecule has 3 heteroatoms. The van der Waals surface area contributed by atoms with Crippen LogP contribution in [0, 0.1) is 0 Å². The zero-order chi connectivity index (χ0) is 12.9. The standard InChI is InChI=1S/C16H17N3/c1(2-7-14-8-3-4-10-17-14)6-13-12-19-16-15(13)9-5-11-18-16/h3-5,8-12H,1-2,6-7H2,(H,18,19). The molecule has 3 rings (SSSR count). The predicted octanol–water partition coefficient (Wildman–Crippen LogP) is 3.52. The third-order valence-corrected chi connectivity index (χ3v) is 3.39. The molecule has 19 heavy (non-hydrogen) atoms. The van der Waals surface area contributed by atoms with E-state index in [4.69, 9.17) is 0 Å². The molecular formula is C16H17N3. The average Bonchev–Trinajstić information content (AvgIpc) is 2.88. The van der Waals surface area contributed by atoms with Crippen molar-refractivity contribution in [1.29, 1.82) is 0 Å². The number of hydrogen-bond donors (Lipinski definition) is 1. The van der Waals surface area contributed by atoms with Crippen LogP contribution in [-0.2, 0) is 12.8 Å². The van der Waals surface area contributed by atoms with E-state index in [-0.39, 0.29) is 0 Å². The molecule has 0 spiro atoms. The Morgan fingerprint density at radius 2 is 1.79 bits per heavy atom. The number of hydrogen-bond acceptors (Lipinski definition) is 2. The van der Waals surface area contributed by atoms with Crippen molar-refractivity contribution in [2.45, 2.75) is 25.7 Å². The molecule has 3 heterocycles. The second-order valence-corrected chi connectivity index (χ2v) is 4.74. The van der Waals surface area contributed by atoms with Crippen LogP contribution < -0.4 is 0 Å². The topological polar surface area (TPSA) is 41.6 Å². The first-order valence-corrected chi connectivity index (χ1v) is 6.74. The van der Waals surface area contributed by atoms with E-state index in [2.05, 4.69) is 33.3 Å². The number of H-pyrrole nitrogens is 1. The van der Waals surface area contributed by atoms with Gasteiger partial charge in [-0.2, -0.15) is 0 Å². The zero-order valence-corrected chi connectivity index (χ0v) is 10.8. The summed E-state index contributed by atoms with van der Waals surface area (Å²) >= 11 is 0. The third kappa shape index (κ3) is 2.81. The van der Waals surface area contributed by atoms with E-state index in [9.17, 15) is 0 Å². The minimum atomic E-state index is 0.988. The van der Waals surface area contributed by atoms with Crippen molar-refractivity contribution >= 4 is 11.0 Å². The number of pyridine rings is 2. The molecule has 3 nitrogen and oxygen atoms in total. The van der Waals surface area contributed by atoms with Crippen LogP contribution in [0.25, 0.3) is 11.0 Å². The van der Waals surface area contributed by atoms with Gasteiger partial charge in [-0.3, -0.25) is 4.98 Å². The Balaban J connectivity index is 1.55. The van der Waals surface area contributed by atoms with Gasteiger partial charge in [0.15, 0.2) is 0 Å². The summed E-state index contributed by atoms with van der Waals surface area (Å²) in [7, 11) is 0. The number of unbranched alkanes of at least 4 members (excludes halogenated alkanes) is 1. The minimum Gasteiger partial charge on any atom is -0.346 e. The molecule has 0 saturated carbocycles. The summed E-state index contributed by atoms with van der Waals surface area (Å²) in [5.41, 5.74) is 3.54. The number of aromatic nitrogens is 3. The second-order valence-electron chi connectivity index (χ2n) is 4.74. The number of nitrogens with one attached hydrogen (secondary N) is 1. The van der Waals surface area contributed by atoms with E-state index in [1.54, 1.807) is 0 Å². The van der Waals surface area contributed by atoms with E-state index >= 15 is 0 Å². The number of aryl methyl sites for hydroxylation is 2. The van der Waals surface area contributed by atoms with Gasteiger partial charge < -0.3 is 4.98 Å². The van der Waals surface area contributed by atoms with Crippen LogP contribution >= 0.6 is 0 Å². The lowest BCUT2D eigenvalue weighted by Gasteiger charge is -2.01. The highest BCUT2D eigenvalue weighted by molar-refractivity contribution is 5.79. The van der Waals surface area contributed by atoms with Gasteiger partial charge in [0, 0.05) is 29.7 Å². The molecule has 0 bridgehead atoms. The Labute approximate surface area is 112 Å². The number of nitrogens with zero attached hydrogens (tertiary/aromatic N) is 2. The van der Waals surface area contributed by atoms with Gasteiger partial charge in [0.05, 0.1) is 0 Å². The van der Waals surface area contributed by atoms with Crippen molar-refractivity contribution in [3.05, 3.63) is 60.2 Å². The molecule has 0 atom stereocenters. The smallest absolute Gasteiger partial charge is 0.137 e. The lowest BCUT2D eigenvalue weighted by Crippen LogP contribution is -1.91. The monoisotopic (exact) mass is 251 g/mol. The van der Waals surface area contributed by atoms with Gasteiger partial charge in [0.1, 0.15) is 5.65 Å². The van der Waals surface area contributed by atoms with Crippen molar-refractivity contribution < 1.29 is 0 Å². The normalized spacial score (nSPS) is 10.9. The van der Waals surface area contributed by atoms with E-state index in [1.165, 1.54) is 29.5 Å².